The molecule has 0 aromatic heterocycles. The second-order valence-corrected chi connectivity index (χ2v) is 2.55. The summed E-state index contributed by atoms with van der Waals surface area (Å²) in [6, 6.07) is 7.55. The second-order valence-electron chi connectivity index (χ2n) is 2.55. The van der Waals surface area contributed by atoms with E-state index in [1.165, 1.54) is 0 Å². The van der Waals surface area contributed by atoms with Crippen LogP contribution in [-0.4, -0.2) is 19.8 Å². The van der Waals surface area contributed by atoms with E-state index in [-0.39, 0.29) is 0 Å². The molecule has 0 amide bonds. The molecule has 17 heavy (non-hydrogen) atoms. The Morgan fingerprint density at radius 3 is 2.00 bits per heavy atom. The predicted octanol–water partition coefficient (Wildman–Crippen LogP) is 3.48. The Labute approximate surface area is 106 Å². The molecule has 0 spiro atoms. The quantitative estimate of drug-likeness (QED) is 0.858. The molecule has 3 nitrogen and oxygen atoms in total. The average Bonchev–Trinajstić information content (AvgIpc) is 2.42. The first-order chi connectivity index (χ1) is 8.36. The molecule has 0 atom stereocenters. The van der Waals surface area contributed by atoms with Crippen LogP contribution in [0.1, 0.15) is 34.6 Å². The summed E-state index contributed by atoms with van der Waals surface area (Å²) in [6.07, 6.45) is 0. The van der Waals surface area contributed by atoms with E-state index in [4.69, 9.17) is 15.2 Å². The molecule has 1 rings (SSSR count). The lowest BCUT2D eigenvalue weighted by molar-refractivity contribution is 0.316. The standard InChI is InChI=1S/C10H15NO2.2C2H6/c1-2-12-9-4-3-5-10(8-9)13-7-6-11;2*1-2/h3-5,8H,2,6-7,11H2,1H3;2*1-2H3. The highest BCUT2D eigenvalue weighted by atomic mass is 16.5. The zero-order chi connectivity index (χ0) is 13.5. The van der Waals surface area contributed by atoms with Gasteiger partial charge in [-0.05, 0) is 19.1 Å². The van der Waals surface area contributed by atoms with Crippen LogP contribution in [0.3, 0.4) is 0 Å². The molecular weight excluding hydrogens is 214 g/mol. The molecule has 0 aliphatic heterocycles. The highest BCUT2D eigenvalue weighted by Crippen LogP contribution is 2.18. The summed E-state index contributed by atoms with van der Waals surface area (Å²) in [6.45, 7) is 11.7. The van der Waals surface area contributed by atoms with Crippen molar-refractivity contribution < 1.29 is 9.47 Å². The third-order valence-electron chi connectivity index (χ3n) is 1.50. The largest absolute Gasteiger partial charge is 0.494 e. The Kier molecular flexibility index (Phi) is 15.8. The van der Waals surface area contributed by atoms with Gasteiger partial charge < -0.3 is 15.2 Å². The maximum atomic E-state index is 5.34. The van der Waals surface area contributed by atoms with Gasteiger partial charge >= 0.3 is 0 Å². The van der Waals surface area contributed by atoms with Crippen LogP contribution in [0.5, 0.6) is 11.5 Å². The number of hydrogen-bond acceptors (Lipinski definition) is 3. The maximum absolute atomic E-state index is 5.34. The van der Waals surface area contributed by atoms with Gasteiger partial charge in [0.1, 0.15) is 18.1 Å². The van der Waals surface area contributed by atoms with Crippen molar-refractivity contribution in [1.29, 1.82) is 0 Å². The Morgan fingerprint density at radius 2 is 1.53 bits per heavy atom. The van der Waals surface area contributed by atoms with E-state index in [0.29, 0.717) is 19.8 Å². The van der Waals surface area contributed by atoms with E-state index in [9.17, 15) is 0 Å². The molecule has 100 valence electrons. The zero-order valence-corrected chi connectivity index (χ0v) is 11.8. The minimum absolute atomic E-state index is 0.527. The number of benzene rings is 1. The third kappa shape index (κ3) is 9.69. The van der Waals surface area contributed by atoms with E-state index in [0.717, 1.165) is 11.5 Å². The number of nitrogens with two attached hydrogens (primary N) is 1. The molecule has 0 saturated carbocycles. The maximum Gasteiger partial charge on any atom is 0.123 e. The van der Waals surface area contributed by atoms with Crippen LogP contribution in [0, 0.1) is 0 Å². The van der Waals surface area contributed by atoms with Gasteiger partial charge in [0, 0.05) is 12.6 Å². The van der Waals surface area contributed by atoms with Gasteiger partial charge in [-0.3, -0.25) is 0 Å². The molecular formula is C14H27NO2. The predicted molar refractivity (Wildman–Crippen MR) is 74.9 cm³/mol. The first kappa shape index (κ1) is 18.2. The van der Waals surface area contributed by atoms with Gasteiger partial charge in [-0.25, -0.2) is 0 Å². The summed E-state index contributed by atoms with van der Waals surface area (Å²) in [7, 11) is 0. The van der Waals surface area contributed by atoms with Crippen LogP contribution in [0.15, 0.2) is 24.3 Å². The van der Waals surface area contributed by atoms with Crippen molar-refractivity contribution >= 4 is 0 Å². The molecule has 1 aromatic carbocycles. The number of rotatable bonds is 5. The molecule has 2 N–H and O–H groups in total. The second kappa shape index (κ2) is 14.8. The van der Waals surface area contributed by atoms with Gasteiger partial charge in [-0.15, -0.1) is 0 Å². The Hall–Kier alpha value is -1.22. The summed E-state index contributed by atoms with van der Waals surface area (Å²) in [5.74, 6) is 1.63. The fraction of sp³-hybridized carbons (Fsp3) is 0.571. The van der Waals surface area contributed by atoms with Crippen molar-refractivity contribution in [2.45, 2.75) is 34.6 Å². The van der Waals surface area contributed by atoms with E-state index >= 15 is 0 Å². The minimum atomic E-state index is 0.527. The highest BCUT2D eigenvalue weighted by molar-refractivity contribution is 5.32. The van der Waals surface area contributed by atoms with Gasteiger partial charge in [0.2, 0.25) is 0 Å². The summed E-state index contributed by atoms with van der Waals surface area (Å²) in [5, 5.41) is 0. The molecule has 0 radical (unpaired) electrons. The fourth-order valence-electron chi connectivity index (χ4n) is 0.997. The SMILES string of the molecule is CC.CC.CCOc1cccc(OCCN)c1. The molecule has 1 aromatic rings. The first-order valence-corrected chi connectivity index (χ1v) is 6.42. The van der Waals surface area contributed by atoms with Crippen molar-refractivity contribution in [3.8, 4) is 11.5 Å². The summed E-state index contributed by atoms with van der Waals surface area (Å²) >= 11 is 0. The van der Waals surface area contributed by atoms with Crippen LogP contribution in [-0.2, 0) is 0 Å². The van der Waals surface area contributed by atoms with Gasteiger partial charge in [0.25, 0.3) is 0 Å². The van der Waals surface area contributed by atoms with Gasteiger partial charge in [0.15, 0.2) is 0 Å². The van der Waals surface area contributed by atoms with Crippen molar-refractivity contribution in [3.05, 3.63) is 24.3 Å². The van der Waals surface area contributed by atoms with Crippen molar-refractivity contribution in [1.82, 2.24) is 0 Å². The Morgan fingerprint density at radius 1 is 1.00 bits per heavy atom. The van der Waals surface area contributed by atoms with Crippen LogP contribution in [0.4, 0.5) is 0 Å². The van der Waals surface area contributed by atoms with Crippen LogP contribution < -0.4 is 15.2 Å². The monoisotopic (exact) mass is 241 g/mol. The molecule has 0 heterocycles. The number of hydrogen-bond donors (Lipinski definition) is 1. The zero-order valence-electron chi connectivity index (χ0n) is 11.8. The van der Waals surface area contributed by atoms with Gasteiger partial charge in [0.05, 0.1) is 6.61 Å². The van der Waals surface area contributed by atoms with E-state index in [2.05, 4.69) is 0 Å². The first-order valence-electron chi connectivity index (χ1n) is 6.42. The molecule has 0 aliphatic rings. The van der Waals surface area contributed by atoms with E-state index < -0.39 is 0 Å². The summed E-state index contributed by atoms with van der Waals surface area (Å²) in [4.78, 5) is 0. The van der Waals surface area contributed by atoms with E-state index in [1.54, 1.807) is 0 Å². The van der Waals surface area contributed by atoms with Crippen molar-refractivity contribution in [3.63, 3.8) is 0 Å². The normalized spacial score (nSPS) is 8.12. The average molecular weight is 241 g/mol. The molecule has 3 heteroatoms. The van der Waals surface area contributed by atoms with Crippen LogP contribution in [0.25, 0.3) is 0 Å². The smallest absolute Gasteiger partial charge is 0.123 e. The molecule has 0 fully saturated rings. The molecule has 0 unspecified atom stereocenters. The highest BCUT2D eigenvalue weighted by Gasteiger charge is 1.95. The third-order valence-corrected chi connectivity index (χ3v) is 1.50. The van der Waals surface area contributed by atoms with Crippen molar-refractivity contribution in [2.24, 2.45) is 5.73 Å². The van der Waals surface area contributed by atoms with Crippen LogP contribution >= 0.6 is 0 Å². The van der Waals surface area contributed by atoms with Gasteiger partial charge in [-0.2, -0.15) is 0 Å². The number of ether oxygens (including phenoxy) is 2. The lowest BCUT2D eigenvalue weighted by atomic mass is 10.3. The minimum Gasteiger partial charge on any atom is -0.494 e. The summed E-state index contributed by atoms with van der Waals surface area (Å²) < 4.78 is 10.7. The van der Waals surface area contributed by atoms with Crippen molar-refractivity contribution in [2.75, 3.05) is 19.8 Å². The Balaban J connectivity index is 0. The summed E-state index contributed by atoms with van der Waals surface area (Å²) in [5.41, 5.74) is 5.32. The van der Waals surface area contributed by atoms with E-state index in [1.807, 2.05) is 58.9 Å². The lowest BCUT2D eigenvalue weighted by Crippen LogP contribution is -2.10. The Bertz CT molecular complexity index is 252. The molecule has 0 saturated heterocycles. The molecule has 0 bridgehead atoms. The topological polar surface area (TPSA) is 44.5 Å². The lowest BCUT2D eigenvalue weighted by Gasteiger charge is -2.06. The fourth-order valence-corrected chi connectivity index (χ4v) is 0.997. The van der Waals surface area contributed by atoms with Gasteiger partial charge in [-0.1, -0.05) is 33.8 Å². The van der Waals surface area contributed by atoms with Crippen LogP contribution in [0.2, 0.25) is 0 Å². The molecule has 0 aliphatic carbocycles.